The molecule has 0 aliphatic heterocycles. The Labute approximate surface area is 110 Å². The van der Waals surface area contributed by atoms with E-state index in [1.807, 2.05) is 0 Å². The zero-order valence-corrected chi connectivity index (χ0v) is 11.8. The third-order valence-electron chi connectivity index (χ3n) is 1.95. The van der Waals surface area contributed by atoms with Gasteiger partial charge in [-0.3, -0.25) is 14.2 Å². The Morgan fingerprint density at radius 3 is 2.56 bits per heavy atom. The molecule has 0 bridgehead atoms. The van der Waals surface area contributed by atoms with Crippen molar-refractivity contribution in [1.82, 2.24) is 0 Å². The molecule has 0 aliphatic rings. The molecule has 0 rings (SSSR count). The maximum atomic E-state index is 11.1. The van der Waals surface area contributed by atoms with Gasteiger partial charge in [0.2, 0.25) is 5.91 Å². The molecule has 1 unspecified atom stereocenters. The second-order valence-electron chi connectivity index (χ2n) is 3.74. The Bertz CT molecular complexity index is 331. The molecule has 0 aliphatic carbocycles. The lowest BCUT2D eigenvalue weighted by atomic mass is 10.2. The van der Waals surface area contributed by atoms with Gasteiger partial charge in [-0.05, 0) is 0 Å². The molecule has 106 valence electrons. The fraction of sp³-hybridized carbons (Fsp3) is 0.778. The minimum atomic E-state index is -4.11. The molecule has 0 spiro atoms. The average molecular weight is 299 g/mol. The van der Waals surface area contributed by atoms with Gasteiger partial charge in [0.1, 0.15) is 6.61 Å². The molecule has 18 heavy (non-hydrogen) atoms. The number of hydrogen-bond donors (Lipinski definition) is 3. The van der Waals surface area contributed by atoms with Gasteiger partial charge in [-0.25, -0.2) is 0 Å². The largest absolute Gasteiger partial charge is 0.465 e. The lowest BCUT2D eigenvalue weighted by molar-refractivity contribution is -0.142. The normalized spacial score (nSPS) is 13.1. The van der Waals surface area contributed by atoms with E-state index in [9.17, 15) is 14.2 Å². The number of carbonyl (C=O) groups is 2. The summed E-state index contributed by atoms with van der Waals surface area (Å²) in [7, 11) is -4.11. The van der Waals surface area contributed by atoms with E-state index in [1.54, 1.807) is 6.92 Å². The van der Waals surface area contributed by atoms with Crippen molar-refractivity contribution in [3.63, 3.8) is 0 Å². The quantitative estimate of drug-likeness (QED) is 0.309. The molecule has 1 amide bonds. The summed E-state index contributed by atoms with van der Waals surface area (Å²) in [6.07, 6.45) is -0.331. The van der Waals surface area contributed by atoms with Crippen LogP contribution in [0.15, 0.2) is 0 Å². The number of rotatable bonds is 9. The monoisotopic (exact) mass is 299 g/mol. The Balaban J connectivity index is 3.54. The van der Waals surface area contributed by atoms with Crippen LogP contribution in [0.25, 0.3) is 0 Å². The molecule has 0 saturated carbocycles. The van der Waals surface area contributed by atoms with Crippen molar-refractivity contribution in [3.8, 4) is 0 Å². The smallest absolute Gasteiger partial charge is 0.328 e. The molecular formula is C9H18NO6PS. The van der Waals surface area contributed by atoms with E-state index in [1.165, 1.54) is 11.8 Å². The first-order chi connectivity index (χ1) is 8.22. The standard InChI is InChI=1S/C9H18NO6PS/c1-7(9(10)12)6-18-5-2-8(11)16-3-4-17(13,14)15/h7H,2-6H2,1H3,(H2,10,12)(H2,13,14,15). The molecule has 0 heterocycles. The molecule has 9 heteroatoms. The van der Waals surface area contributed by atoms with Gasteiger partial charge in [-0.2, -0.15) is 11.8 Å². The SMILES string of the molecule is CC(CSCCC(=O)OCCP(=O)(O)O)C(N)=O. The predicted octanol–water partition coefficient (Wildman–Crippen LogP) is -0.0480. The molecule has 0 aromatic rings. The number of primary amides is 1. The van der Waals surface area contributed by atoms with Crippen molar-refractivity contribution in [2.24, 2.45) is 11.7 Å². The maximum absolute atomic E-state index is 11.1. The van der Waals surface area contributed by atoms with Crippen LogP contribution in [0.4, 0.5) is 0 Å². The highest BCUT2D eigenvalue weighted by Crippen LogP contribution is 2.33. The molecule has 0 aromatic heterocycles. The van der Waals surface area contributed by atoms with Crippen molar-refractivity contribution in [3.05, 3.63) is 0 Å². The van der Waals surface area contributed by atoms with Crippen LogP contribution >= 0.6 is 19.4 Å². The van der Waals surface area contributed by atoms with Gasteiger partial charge < -0.3 is 20.3 Å². The van der Waals surface area contributed by atoms with Crippen molar-refractivity contribution >= 4 is 31.2 Å². The van der Waals surface area contributed by atoms with E-state index in [-0.39, 0.29) is 24.9 Å². The number of hydrogen-bond acceptors (Lipinski definition) is 5. The molecule has 4 N–H and O–H groups in total. The van der Waals surface area contributed by atoms with E-state index < -0.39 is 19.7 Å². The predicted molar refractivity (Wildman–Crippen MR) is 68.2 cm³/mol. The van der Waals surface area contributed by atoms with Crippen LogP contribution < -0.4 is 5.73 Å². The van der Waals surface area contributed by atoms with Crippen LogP contribution in [0.1, 0.15) is 13.3 Å². The molecule has 0 saturated heterocycles. The van der Waals surface area contributed by atoms with E-state index in [0.717, 1.165) is 0 Å². The summed E-state index contributed by atoms with van der Waals surface area (Å²) in [4.78, 5) is 38.9. The van der Waals surface area contributed by atoms with Gasteiger partial charge in [0.25, 0.3) is 0 Å². The Morgan fingerprint density at radius 2 is 2.06 bits per heavy atom. The van der Waals surface area contributed by atoms with Gasteiger partial charge in [0, 0.05) is 17.4 Å². The summed E-state index contributed by atoms with van der Waals surface area (Å²) in [5.74, 6) is -0.132. The molecule has 7 nitrogen and oxygen atoms in total. The van der Waals surface area contributed by atoms with Crippen molar-refractivity contribution in [2.75, 3.05) is 24.3 Å². The van der Waals surface area contributed by atoms with Gasteiger partial charge in [0.15, 0.2) is 0 Å². The lowest BCUT2D eigenvalue weighted by Gasteiger charge is -2.07. The molecule has 0 radical (unpaired) electrons. The summed E-state index contributed by atoms with van der Waals surface area (Å²) < 4.78 is 15.1. The average Bonchev–Trinajstić information content (AvgIpc) is 2.22. The number of nitrogens with two attached hydrogens (primary N) is 1. The zero-order chi connectivity index (χ0) is 14.2. The molecule has 0 fully saturated rings. The number of ether oxygens (including phenoxy) is 1. The van der Waals surface area contributed by atoms with Gasteiger partial charge in [-0.15, -0.1) is 0 Å². The van der Waals surface area contributed by atoms with Gasteiger partial charge in [0.05, 0.1) is 12.6 Å². The third-order valence-corrected chi connectivity index (χ3v) is 3.94. The lowest BCUT2D eigenvalue weighted by Crippen LogP contribution is -2.22. The van der Waals surface area contributed by atoms with Crippen LogP contribution in [-0.2, 0) is 18.9 Å². The summed E-state index contributed by atoms with van der Waals surface area (Å²) >= 11 is 1.40. The highest BCUT2D eigenvalue weighted by Gasteiger charge is 2.14. The van der Waals surface area contributed by atoms with E-state index >= 15 is 0 Å². The Morgan fingerprint density at radius 1 is 1.44 bits per heavy atom. The Kier molecular flexibility index (Phi) is 8.26. The van der Waals surface area contributed by atoms with Crippen molar-refractivity contribution in [1.29, 1.82) is 0 Å². The first-order valence-electron chi connectivity index (χ1n) is 5.29. The summed E-state index contributed by atoms with van der Waals surface area (Å²) in [6, 6.07) is 0. The number of esters is 1. The number of carbonyl (C=O) groups excluding carboxylic acids is 2. The van der Waals surface area contributed by atoms with Crippen LogP contribution in [-0.4, -0.2) is 45.9 Å². The van der Waals surface area contributed by atoms with Gasteiger partial charge in [-0.1, -0.05) is 6.92 Å². The minimum absolute atomic E-state index is 0.136. The molecule has 1 atom stereocenters. The Hall–Kier alpha value is -0.560. The van der Waals surface area contributed by atoms with E-state index in [2.05, 4.69) is 4.74 Å². The first kappa shape index (κ1) is 17.4. The number of thioether (sulfide) groups is 1. The van der Waals surface area contributed by atoms with Crippen LogP contribution in [0.2, 0.25) is 0 Å². The van der Waals surface area contributed by atoms with Crippen molar-refractivity contribution < 1.29 is 28.7 Å². The van der Waals surface area contributed by atoms with Crippen LogP contribution in [0, 0.1) is 5.92 Å². The highest BCUT2D eigenvalue weighted by molar-refractivity contribution is 7.99. The minimum Gasteiger partial charge on any atom is -0.465 e. The number of amides is 1. The van der Waals surface area contributed by atoms with Crippen LogP contribution in [0.5, 0.6) is 0 Å². The second kappa shape index (κ2) is 8.53. The fourth-order valence-corrected chi connectivity index (χ4v) is 2.17. The first-order valence-corrected chi connectivity index (χ1v) is 8.25. The third kappa shape index (κ3) is 10.6. The summed E-state index contributed by atoms with van der Waals surface area (Å²) in [5, 5.41) is 0. The topological polar surface area (TPSA) is 127 Å². The molecular weight excluding hydrogens is 281 g/mol. The van der Waals surface area contributed by atoms with Gasteiger partial charge >= 0.3 is 13.6 Å². The fourth-order valence-electron chi connectivity index (χ4n) is 0.848. The zero-order valence-electron chi connectivity index (χ0n) is 10.1. The van der Waals surface area contributed by atoms with E-state index in [0.29, 0.717) is 11.5 Å². The van der Waals surface area contributed by atoms with Crippen LogP contribution in [0.3, 0.4) is 0 Å². The van der Waals surface area contributed by atoms with Crippen molar-refractivity contribution in [2.45, 2.75) is 13.3 Å². The molecule has 0 aromatic carbocycles. The highest BCUT2D eigenvalue weighted by atomic mass is 32.2. The summed E-state index contributed by atoms with van der Waals surface area (Å²) in [5.41, 5.74) is 5.07. The maximum Gasteiger partial charge on any atom is 0.328 e. The summed E-state index contributed by atoms with van der Waals surface area (Å²) in [6.45, 7) is 1.42. The second-order valence-corrected chi connectivity index (χ2v) is 6.66. The van der Waals surface area contributed by atoms with E-state index in [4.69, 9.17) is 15.5 Å².